The monoisotopic (exact) mass is 194 g/mol. The van der Waals surface area contributed by atoms with Crippen LogP contribution in [0.3, 0.4) is 0 Å². The van der Waals surface area contributed by atoms with E-state index in [0.29, 0.717) is 5.69 Å². The number of aryl methyl sites for hydroxylation is 2. The van der Waals surface area contributed by atoms with E-state index in [4.69, 9.17) is 0 Å². The van der Waals surface area contributed by atoms with Crippen molar-refractivity contribution in [1.29, 1.82) is 0 Å². The minimum Gasteiger partial charge on any atom is -0.357 e. The molecule has 14 heavy (non-hydrogen) atoms. The first-order valence-corrected chi connectivity index (χ1v) is 4.79. The molecular weight excluding hydrogens is 179 g/mol. The van der Waals surface area contributed by atoms with Crippen LogP contribution in [0.4, 0.5) is 4.39 Å². The molecule has 0 saturated heterocycles. The third kappa shape index (κ3) is 1.92. The van der Waals surface area contributed by atoms with E-state index in [2.05, 4.69) is 9.97 Å². The number of nitrogens with one attached hydrogen (secondary N) is 1. The van der Waals surface area contributed by atoms with Crippen LogP contribution in [-0.2, 0) is 0 Å². The largest absolute Gasteiger partial charge is 0.357 e. The summed E-state index contributed by atoms with van der Waals surface area (Å²) >= 11 is 0. The van der Waals surface area contributed by atoms with Crippen LogP contribution in [0.2, 0.25) is 0 Å². The van der Waals surface area contributed by atoms with Gasteiger partial charge in [0, 0.05) is 11.8 Å². The lowest BCUT2D eigenvalue weighted by Crippen LogP contribution is -1.86. The molecule has 0 amide bonds. The van der Waals surface area contributed by atoms with Gasteiger partial charge in [-0.3, -0.25) is 0 Å². The summed E-state index contributed by atoms with van der Waals surface area (Å²) in [7, 11) is 0. The molecule has 2 rings (SSSR count). The third-order valence-electron chi connectivity index (χ3n) is 1.87. The molecule has 2 heterocycles. The van der Waals surface area contributed by atoms with Crippen LogP contribution in [-0.4, -0.2) is 9.97 Å². The van der Waals surface area contributed by atoms with Crippen molar-refractivity contribution in [3.63, 3.8) is 0 Å². The van der Waals surface area contributed by atoms with Gasteiger partial charge in [-0.1, -0.05) is 13.8 Å². The van der Waals surface area contributed by atoms with Crippen LogP contribution in [0.5, 0.6) is 0 Å². The second kappa shape index (κ2) is 4.22. The van der Waals surface area contributed by atoms with Gasteiger partial charge in [0.05, 0.1) is 16.7 Å². The molecule has 0 bridgehead atoms. The molecule has 0 radical (unpaired) electrons. The average Bonchev–Trinajstić information content (AvgIpc) is 2.49. The van der Waals surface area contributed by atoms with E-state index < -0.39 is 0 Å². The molecule has 0 spiro atoms. The molecule has 0 aliphatic heterocycles. The van der Waals surface area contributed by atoms with Gasteiger partial charge in [-0.05, 0) is 19.9 Å². The van der Waals surface area contributed by atoms with Crippen molar-refractivity contribution in [2.24, 2.45) is 0 Å². The van der Waals surface area contributed by atoms with Gasteiger partial charge in [0.15, 0.2) is 0 Å². The zero-order valence-corrected chi connectivity index (χ0v) is 8.98. The van der Waals surface area contributed by atoms with Gasteiger partial charge in [0.25, 0.3) is 0 Å². The molecule has 76 valence electrons. The third-order valence-corrected chi connectivity index (χ3v) is 1.87. The maximum absolute atomic E-state index is 13.0. The van der Waals surface area contributed by atoms with Crippen molar-refractivity contribution >= 4 is 11.0 Å². The fourth-order valence-corrected chi connectivity index (χ4v) is 1.26. The highest BCUT2D eigenvalue weighted by molar-refractivity contribution is 5.76. The molecule has 2 nitrogen and oxygen atoms in total. The highest BCUT2D eigenvalue weighted by atomic mass is 19.1. The quantitative estimate of drug-likeness (QED) is 0.684. The zero-order valence-electron chi connectivity index (χ0n) is 8.98. The molecule has 0 atom stereocenters. The van der Waals surface area contributed by atoms with Gasteiger partial charge >= 0.3 is 0 Å². The number of rotatable bonds is 0. The molecule has 0 unspecified atom stereocenters. The molecule has 0 aliphatic rings. The van der Waals surface area contributed by atoms with E-state index in [1.54, 1.807) is 6.92 Å². The second-order valence-electron chi connectivity index (χ2n) is 2.94. The number of aromatic amines is 1. The van der Waals surface area contributed by atoms with Crippen molar-refractivity contribution in [2.75, 3.05) is 0 Å². The Morgan fingerprint density at radius 3 is 2.50 bits per heavy atom. The van der Waals surface area contributed by atoms with Gasteiger partial charge in [-0.25, -0.2) is 9.37 Å². The minimum absolute atomic E-state index is 0.260. The molecule has 2 aromatic rings. The fraction of sp³-hybridized carbons (Fsp3) is 0.364. The van der Waals surface area contributed by atoms with E-state index >= 15 is 0 Å². The average molecular weight is 194 g/mol. The van der Waals surface area contributed by atoms with E-state index in [1.807, 2.05) is 26.8 Å². The number of halogens is 1. The highest BCUT2D eigenvalue weighted by Gasteiger charge is 2.03. The number of nitrogens with zero attached hydrogens (tertiary/aromatic N) is 1. The molecular formula is C11H15FN2. The van der Waals surface area contributed by atoms with Crippen LogP contribution < -0.4 is 0 Å². The molecule has 0 fully saturated rings. The smallest absolute Gasteiger partial charge is 0.146 e. The van der Waals surface area contributed by atoms with Crippen LogP contribution in [0.25, 0.3) is 11.0 Å². The van der Waals surface area contributed by atoms with Crippen molar-refractivity contribution in [2.45, 2.75) is 27.7 Å². The summed E-state index contributed by atoms with van der Waals surface area (Å²) in [6, 6.07) is 3.38. The Bertz CT molecular complexity index is 393. The van der Waals surface area contributed by atoms with Crippen molar-refractivity contribution in [3.8, 4) is 0 Å². The lowest BCUT2D eigenvalue weighted by Gasteiger charge is -1.94. The van der Waals surface area contributed by atoms with Gasteiger partial charge in [0.2, 0.25) is 0 Å². The molecule has 0 aliphatic carbocycles. The number of hydrogen-bond acceptors (Lipinski definition) is 1. The van der Waals surface area contributed by atoms with Crippen molar-refractivity contribution in [1.82, 2.24) is 9.97 Å². The van der Waals surface area contributed by atoms with Crippen LogP contribution in [0.15, 0.2) is 12.1 Å². The molecule has 0 aromatic carbocycles. The van der Waals surface area contributed by atoms with Crippen molar-refractivity contribution < 1.29 is 4.39 Å². The Hall–Kier alpha value is -1.38. The fourth-order valence-electron chi connectivity index (χ4n) is 1.26. The Balaban J connectivity index is 0.000000461. The summed E-state index contributed by atoms with van der Waals surface area (Å²) < 4.78 is 13.0. The molecule has 3 heteroatoms. The predicted molar refractivity (Wildman–Crippen MR) is 56.9 cm³/mol. The number of hydrogen-bond donors (Lipinski definition) is 1. The van der Waals surface area contributed by atoms with Crippen LogP contribution in [0, 0.1) is 19.7 Å². The van der Waals surface area contributed by atoms with Crippen LogP contribution >= 0.6 is 0 Å². The van der Waals surface area contributed by atoms with Crippen LogP contribution in [0.1, 0.15) is 25.2 Å². The van der Waals surface area contributed by atoms with E-state index in [1.165, 1.54) is 6.07 Å². The summed E-state index contributed by atoms with van der Waals surface area (Å²) in [6.07, 6.45) is 0. The van der Waals surface area contributed by atoms with Gasteiger partial charge in [-0.15, -0.1) is 0 Å². The molecule has 1 N–H and O–H groups in total. The molecule has 2 aromatic heterocycles. The lowest BCUT2D eigenvalue weighted by atomic mass is 10.3. The standard InChI is InChI=1S/C9H9FN2.C2H6/c1-5-3-8-9(11-5)4-7(10)6(2)12-8;1-2/h3-4,11H,1-2H3;1-2H3. The first kappa shape index (κ1) is 10.7. The summed E-state index contributed by atoms with van der Waals surface area (Å²) in [6.45, 7) is 7.59. The van der Waals surface area contributed by atoms with E-state index in [9.17, 15) is 4.39 Å². The van der Waals surface area contributed by atoms with Gasteiger partial charge < -0.3 is 4.98 Å². The van der Waals surface area contributed by atoms with Gasteiger partial charge in [-0.2, -0.15) is 0 Å². The Labute approximate surface area is 83.2 Å². The highest BCUT2D eigenvalue weighted by Crippen LogP contribution is 2.15. The lowest BCUT2D eigenvalue weighted by molar-refractivity contribution is 0.613. The van der Waals surface area contributed by atoms with E-state index in [-0.39, 0.29) is 5.82 Å². The van der Waals surface area contributed by atoms with Gasteiger partial charge in [0.1, 0.15) is 5.82 Å². The number of pyridine rings is 1. The summed E-state index contributed by atoms with van der Waals surface area (Å²) in [5.74, 6) is -0.260. The second-order valence-corrected chi connectivity index (χ2v) is 2.94. The maximum atomic E-state index is 13.0. The number of H-pyrrole nitrogens is 1. The number of fused-ring (bicyclic) bond motifs is 1. The summed E-state index contributed by atoms with van der Waals surface area (Å²) in [5, 5.41) is 0. The summed E-state index contributed by atoms with van der Waals surface area (Å²) in [5.41, 5.74) is 3.03. The maximum Gasteiger partial charge on any atom is 0.146 e. The zero-order chi connectivity index (χ0) is 10.7. The predicted octanol–water partition coefficient (Wildman–Crippen LogP) is 3.35. The summed E-state index contributed by atoms with van der Waals surface area (Å²) in [4.78, 5) is 7.11. The Morgan fingerprint density at radius 1 is 1.21 bits per heavy atom. The molecule has 0 saturated carbocycles. The van der Waals surface area contributed by atoms with E-state index in [0.717, 1.165) is 16.7 Å². The number of aromatic nitrogens is 2. The Morgan fingerprint density at radius 2 is 1.86 bits per heavy atom. The SMILES string of the molecule is CC.Cc1cc2nc(C)c(F)cc2[nH]1. The minimum atomic E-state index is -0.260. The first-order chi connectivity index (χ1) is 6.66. The topological polar surface area (TPSA) is 28.7 Å². The Kier molecular flexibility index (Phi) is 3.23. The normalized spacial score (nSPS) is 9.79. The van der Waals surface area contributed by atoms with Crippen molar-refractivity contribution in [3.05, 3.63) is 29.3 Å². The first-order valence-electron chi connectivity index (χ1n) is 4.79.